The van der Waals surface area contributed by atoms with E-state index in [2.05, 4.69) is 10.6 Å². The molecule has 3 rings (SSSR count). The first-order chi connectivity index (χ1) is 14.8. The molecule has 1 atom stereocenters. The van der Waals surface area contributed by atoms with Crippen LogP contribution in [0.1, 0.15) is 41.0 Å². The number of hydrogen-bond acceptors (Lipinski definition) is 5. The summed E-state index contributed by atoms with van der Waals surface area (Å²) in [5.41, 5.74) is 0.884. The number of ether oxygens (including phenoxy) is 1. The lowest BCUT2D eigenvalue weighted by Gasteiger charge is -2.26. The van der Waals surface area contributed by atoms with Crippen molar-refractivity contribution in [3.63, 3.8) is 0 Å². The van der Waals surface area contributed by atoms with Gasteiger partial charge in [-0.15, -0.1) is 0 Å². The fraction of sp³-hybridized carbons (Fsp3) is 0.364. The molecule has 0 bridgehead atoms. The van der Waals surface area contributed by atoms with E-state index in [0.29, 0.717) is 24.5 Å². The van der Waals surface area contributed by atoms with E-state index in [1.165, 1.54) is 28.6 Å². The molecule has 166 valence electrons. The molecule has 0 radical (unpaired) electrons. The standard InChI is InChI=1S/C22H27N3O5S/c1-3-16(2)23-22(27)19-9-4-5-10-20(19)24-21(26)17-7-6-8-18(15-17)31(28,29)25-11-13-30-14-12-25/h4-10,15-16H,3,11-14H2,1-2H3,(H,23,27)(H,24,26). The van der Waals surface area contributed by atoms with Gasteiger partial charge in [-0.25, -0.2) is 8.42 Å². The molecule has 2 aromatic carbocycles. The highest BCUT2D eigenvalue weighted by atomic mass is 32.2. The zero-order valence-electron chi connectivity index (χ0n) is 17.6. The van der Waals surface area contributed by atoms with Crippen molar-refractivity contribution in [1.82, 2.24) is 9.62 Å². The molecule has 8 nitrogen and oxygen atoms in total. The summed E-state index contributed by atoms with van der Waals surface area (Å²) >= 11 is 0. The second-order valence-electron chi connectivity index (χ2n) is 7.33. The molecule has 0 aliphatic carbocycles. The van der Waals surface area contributed by atoms with Crippen LogP contribution in [0, 0.1) is 0 Å². The summed E-state index contributed by atoms with van der Waals surface area (Å²) in [6, 6.07) is 12.6. The van der Waals surface area contributed by atoms with Gasteiger partial charge in [0, 0.05) is 24.7 Å². The molecule has 0 spiro atoms. The minimum atomic E-state index is -3.72. The molecule has 1 fully saturated rings. The van der Waals surface area contributed by atoms with Crippen LogP contribution in [-0.2, 0) is 14.8 Å². The largest absolute Gasteiger partial charge is 0.379 e. The fourth-order valence-corrected chi connectivity index (χ4v) is 4.58. The molecule has 0 saturated carbocycles. The Hall–Kier alpha value is -2.75. The molecule has 31 heavy (non-hydrogen) atoms. The van der Waals surface area contributed by atoms with Gasteiger partial charge in [0.25, 0.3) is 11.8 Å². The Morgan fingerprint density at radius 1 is 1.06 bits per heavy atom. The Kier molecular flexibility index (Phi) is 7.42. The van der Waals surface area contributed by atoms with Gasteiger partial charge in [-0.3, -0.25) is 9.59 Å². The summed E-state index contributed by atoms with van der Waals surface area (Å²) in [7, 11) is -3.72. The van der Waals surface area contributed by atoms with Crippen LogP contribution in [0.3, 0.4) is 0 Å². The van der Waals surface area contributed by atoms with E-state index in [9.17, 15) is 18.0 Å². The highest BCUT2D eigenvalue weighted by Gasteiger charge is 2.27. The number of nitrogens with one attached hydrogen (secondary N) is 2. The number of amides is 2. The Balaban J connectivity index is 1.81. The molecule has 1 saturated heterocycles. The van der Waals surface area contributed by atoms with Crippen molar-refractivity contribution in [2.45, 2.75) is 31.2 Å². The minimum Gasteiger partial charge on any atom is -0.379 e. The highest BCUT2D eigenvalue weighted by molar-refractivity contribution is 7.89. The van der Waals surface area contributed by atoms with Gasteiger partial charge in [-0.1, -0.05) is 25.1 Å². The lowest BCUT2D eigenvalue weighted by Crippen LogP contribution is -2.40. The number of hydrogen-bond donors (Lipinski definition) is 2. The third-order valence-electron chi connectivity index (χ3n) is 5.11. The molecule has 1 aliphatic heterocycles. The van der Waals surface area contributed by atoms with Crippen LogP contribution in [0.25, 0.3) is 0 Å². The predicted octanol–water partition coefficient (Wildman–Crippen LogP) is 2.49. The molecule has 0 aromatic heterocycles. The summed E-state index contributed by atoms with van der Waals surface area (Å²) in [5.74, 6) is -0.781. The number of morpholine rings is 1. The summed E-state index contributed by atoms with van der Waals surface area (Å²) in [4.78, 5) is 25.5. The lowest BCUT2D eigenvalue weighted by molar-refractivity contribution is 0.0730. The van der Waals surface area contributed by atoms with E-state index in [1.807, 2.05) is 13.8 Å². The number of nitrogens with zero attached hydrogens (tertiary/aromatic N) is 1. The van der Waals surface area contributed by atoms with E-state index in [0.717, 1.165) is 6.42 Å². The SMILES string of the molecule is CCC(C)NC(=O)c1ccccc1NC(=O)c1cccc(S(=O)(=O)N2CCOCC2)c1. The van der Waals surface area contributed by atoms with Gasteiger partial charge in [0.1, 0.15) is 0 Å². The summed E-state index contributed by atoms with van der Waals surface area (Å²) < 4.78 is 32.3. The van der Waals surface area contributed by atoms with Gasteiger partial charge < -0.3 is 15.4 Å². The van der Waals surface area contributed by atoms with Crippen molar-refractivity contribution >= 4 is 27.5 Å². The van der Waals surface area contributed by atoms with E-state index in [-0.39, 0.29) is 35.5 Å². The summed E-state index contributed by atoms with van der Waals surface area (Å²) in [5, 5.41) is 5.61. The number of benzene rings is 2. The van der Waals surface area contributed by atoms with Crippen LogP contribution in [0.5, 0.6) is 0 Å². The third kappa shape index (κ3) is 5.49. The molecule has 2 amide bonds. The first kappa shape index (κ1) is 22.9. The quantitative estimate of drug-likeness (QED) is 0.681. The number of carbonyl (C=O) groups excluding carboxylic acids is 2. The van der Waals surface area contributed by atoms with Gasteiger partial charge in [0.05, 0.1) is 29.4 Å². The topological polar surface area (TPSA) is 105 Å². The van der Waals surface area contributed by atoms with Crippen molar-refractivity contribution in [1.29, 1.82) is 0 Å². The van der Waals surface area contributed by atoms with Gasteiger partial charge in [-0.05, 0) is 43.7 Å². The lowest BCUT2D eigenvalue weighted by atomic mass is 10.1. The molecule has 2 aromatic rings. The van der Waals surface area contributed by atoms with Crippen molar-refractivity contribution in [2.75, 3.05) is 31.6 Å². The van der Waals surface area contributed by atoms with Gasteiger partial charge in [0.2, 0.25) is 10.0 Å². The maximum absolute atomic E-state index is 12.9. The normalized spacial score (nSPS) is 15.8. The molecule has 9 heteroatoms. The number of rotatable bonds is 7. The Morgan fingerprint density at radius 3 is 2.48 bits per heavy atom. The minimum absolute atomic E-state index is 0.00154. The smallest absolute Gasteiger partial charge is 0.255 e. The van der Waals surface area contributed by atoms with E-state index in [4.69, 9.17) is 4.74 Å². The van der Waals surface area contributed by atoms with Crippen LogP contribution < -0.4 is 10.6 Å². The Morgan fingerprint density at radius 2 is 1.77 bits per heavy atom. The maximum Gasteiger partial charge on any atom is 0.255 e. The average Bonchev–Trinajstić information content (AvgIpc) is 2.80. The van der Waals surface area contributed by atoms with Gasteiger partial charge in [0.15, 0.2) is 0 Å². The van der Waals surface area contributed by atoms with Crippen LogP contribution in [0.15, 0.2) is 53.4 Å². The van der Waals surface area contributed by atoms with Crippen molar-refractivity contribution < 1.29 is 22.7 Å². The Bertz CT molecular complexity index is 1050. The van der Waals surface area contributed by atoms with Crippen molar-refractivity contribution in [3.8, 4) is 0 Å². The number of para-hydroxylation sites is 1. The van der Waals surface area contributed by atoms with Crippen LogP contribution >= 0.6 is 0 Å². The predicted molar refractivity (Wildman–Crippen MR) is 118 cm³/mol. The van der Waals surface area contributed by atoms with Crippen LogP contribution in [0.2, 0.25) is 0 Å². The van der Waals surface area contributed by atoms with Crippen LogP contribution in [0.4, 0.5) is 5.69 Å². The van der Waals surface area contributed by atoms with E-state index in [1.54, 1.807) is 24.3 Å². The highest BCUT2D eigenvalue weighted by Crippen LogP contribution is 2.20. The third-order valence-corrected chi connectivity index (χ3v) is 7.01. The molecule has 1 aliphatic rings. The molecule has 1 heterocycles. The van der Waals surface area contributed by atoms with Gasteiger partial charge >= 0.3 is 0 Å². The fourth-order valence-electron chi connectivity index (χ4n) is 3.12. The number of sulfonamides is 1. The molecule has 1 unspecified atom stereocenters. The zero-order valence-corrected chi connectivity index (χ0v) is 18.4. The molecular formula is C22H27N3O5S. The molecule has 2 N–H and O–H groups in total. The van der Waals surface area contributed by atoms with E-state index >= 15 is 0 Å². The maximum atomic E-state index is 12.9. The first-order valence-electron chi connectivity index (χ1n) is 10.2. The number of carbonyl (C=O) groups is 2. The second kappa shape index (κ2) is 10.0. The van der Waals surface area contributed by atoms with Gasteiger partial charge in [-0.2, -0.15) is 4.31 Å². The Labute approximate surface area is 182 Å². The second-order valence-corrected chi connectivity index (χ2v) is 9.26. The zero-order chi connectivity index (χ0) is 22.4. The van der Waals surface area contributed by atoms with E-state index < -0.39 is 15.9 Å². The first-order valence-corrected chi connectivity index (χ1v) is 11.7. The number of anilines is 1. The van der Waals surface area contributed by atoms with Crippen molar-refractivity contribution in [3.05, 3.63) is 59.7 Å². The summed E-state index contributed by atoms with van der Waals surface area (Å²) in [6.07, 6.45) is 0.782. The monoisotopic (exact) mass is 445 g/mol. The van der Waals surface area contributed by atoms with Crippen LogP contribution in [-0.4, -0.2) is 56.9 Å². The molecular weight excluding hydrogens is 418 g/mol. The average molecular weight is 446 g/mol. The summed E-state index contributed by atoms with van der Waals surface area (Å²) in [6.45, 7) is 5.11. The van der Waals surface area contributed by atoms with Crippen molar-refractivity contribution in [2.24, 2.45) is 0 Å².